The van der Waals surface area contributed by atoms with E-state index in [1.165, 1.54) is 39.8 Å². The first-order valence-corrected chi connectivity index (χ1v) is 10.3. The molecule has 2 atom stereocenters. The minimum absolute atomic E-state index is 0.0273. The zero-order valence-corrected chi connectivity index (χ0v) is 15.9. The molecule has 140 valence electrons. The van der Waals surface area contributed by atoms with Crippen LogP contribution in [0.1, 0.15) is 10.6 Å². The summed E-state index contributed by atoms with van der Waals surface area (Å²) in [4.78, 5) is 40.1. The number of carboxylic acids is 1. The number of aryl methyl sites for hydroxylation is 1. The maximum absolute atomic E-state index is 12.0. The Hall–Kier alpha value is -1.76. The first-order valence-electron chi connectivity index (χ1n) is 7.42. The van der Waals surface area contributed by atoms with Crippen LogP contribution in [0.25, 0.3) is 0 Å². The maximum atomic E-state index is 12.0. The van der Waals surface area contributed by atoms with E-state index >= 15 is 0 Å². The summed E-state index contributed by atoms with van der Waals surface area (Å²) in [5.74, 6) is -0.393. The second-order valence-corrected chi connectivity index (χ2v) is 8.97. The normalized spacial score (nSPS) is 22.1. The highest BCUT2D eigenvalue weighted by Crippen LogP contribution is 2.41. The molecular weight excluding hydrogens is 402 g/mol. The Kier molecular flexibility index (Phi) is 5.46. The number of hydrogen-bond acceptors (Lipinski definition) is 9. The number of thioether (sulfide) groups is 2. The number of carboxylic acid groups (broad SMARTS) is 2. The van der Waals surface area contributed by atoms with Crippen LogP contribution in [0, 0.1) is 6.92 Å². The first kappa shape index (κ1) is 19.0. The van der Waals surface area contributed by atoms with Gasteiger partial charge in [0.05, 0.1) is 12.1 Å². The third-order valence-electron chi connectivity index (χ3n) is 3.77. The summed E-state index contributed by atoms with van der Waals surface area (Å²) >= 11 is 4.10. The van der Waals surface area contributed by atoms with Crippen molar-refractivity contribution in [3.8, 4) is 0 Å². The van der Waals surface area contributed by atoms with E-state index in [2.05, 4.69) is 4.98 Å². The van der Waals surface area contributed by atoms with Gasteiger partial charge in [-0.2, -0.15) is 0 Å². The zero-order chi connectivity index (χ0) is 19.0. The van der Waals surface area contributed by atoms with Crippen LogP contribution in [-0.4, -0.2) is 61.1 Å². The number of nitrogens with two attached hydrogens (primary N) is 1. The van der Waals surface area contributed by atoms with Crippen molar-refractivity contribution in [3.05, 3.63) is 22.0 Å². The molecule has 2 aliphatic rings. The number of thiazole rings is 1. The molecule has 3 heterocycles. The number of aliphatic carboxylic acids is 1. The average Bonchev–Trinajstić information content (AvgIpc) is 2.91. The molecule has 1 unspecified atom stereocenters. The summed E-state index contributed by atoms with van der Waals surface area (Å²) in [5.41, 5.74) is 7.06. The van der Waals surface area contributed by atoms with Gasteiger partial charge in [0, 0.05) is 22.0 Å². The van der Waals surface area contributed by atoms with Crippen molar-refractivity contribution in [3.63, 3.8) is 0 Å². The van der Waals surface area contributed by atoms with Gasteiger partial charge in [-0.1, -0.05) is 11.8 Å². The third kappa shape index (κ3) is 3.68. The van der Waals surface area contributed by atoms with E-state index in [1.807, 2.05) is 0 Å². The molecule has 2 aliphatic heterocycles. The second kappa shape index (κ2) is 7.47. The van der Waals surface area contributed by atoms with Gasteiger partial charge < -0.3 is 20.7 Å². The van der Waals surface area contributed by atoms with E-state index in [0.717, 1.165) is 0 Å². The number of hydrogen-bond donors (Lipinski definition) is 3. The van der Waals surface area contributed by atoms with Gasteiger partial charge in [-0.3, -0.25) is 14.5 Å². The summed E-state index contributed by atoms with van der Waals surface area (Å²) in [7, 11) is 0. The predicted octanol–water partition coefficient (Wildman–Crippen LogP) is 1.32. The molecule has 26 heavy (non-hydrogen) atoms. The van der Waals surface area contributed by atoms with Gasteiger partial charge in [0.25, 0.3) is 0 Å². The summed E-state index contributed by atoms with van der Waals surface area (Å²) < 4.78 is 5.53. The molecule has 0 aromatic carbocycles. The smallest absolute Gasteiger partial charge is 0.481 e. The minimum atomic E-state index is -1.49. The number of rotatable bonds is 6. The number of amides is 1. The van der Waals surface area contributed by atoms with Crippen LogP contribution in [0.3, 0.4) is 0 Å². The summed E-state index contributed by atoms with van der Waals surface area (Å²) in [5, 5.41) is 17.6. The van der Waals surface area contributed by atoms with Gasteiger partial charge in [-0.05, 0) is 6.92 Å². The van der Waals surface area contributed by atoms with Crippen LogP contribution in [0.2, 0.25) is 0 Å². The molecule has 0 bridgehead atoms. The van der Waals surface area contributed by atoms with Crippen LogP contribution < -0.4 is 5.73 Å². The Balaban J connectivity index is 1.76. The summed E-state index contributed by atoms with van der Waals surface area (Å²) in [6, 6.07) is -0.651. The van der Waals surface area contributed by atoms with Crippen molar-refractivity contribution in [1.82, 2.24) is 9.88 Å². The number of carbonyl (C=O) groups is 3. The quantitative estimate of drug-likeness (QED) is 0.352. The SMILES string of the molecule is Cc1nc(SCC2=C(OC(=O)O)N3C(=O)C(N)[C@@H]3SC2)sc1CC(=O)O. The average molecular weight is 417 g/mol. The Labute approximate surface area is 160 Å². The highest BCUT2D eigenvalue weighted by atomic mass is 32.2. The number of carbonyl (C=O) groups excluding carboxylic acids is 1. The predicted molar refractivity (Wildman–Crippen MR) is 96.1 cm³/mol. The molecular formula is C14H15N3O6S3. The van der Waals surface area contributed by atoms with E-state index in [4.69, 9.17) is 20.7 Å². The molecule has 9 nitrogen and oxygen atoms in total. The van der Waals surface area contributed by atoms with Gasteiger partial charge in [-0.25, -0.2) is 9.78 Å². The highest BCUT2D eigenvalue weighted by molar-refractivity contribution is 8.01. The largest absolute Gasteiger partial charge is 0.512 e. The minimum Gasteiger partial charge on any atom is -0.481 e. The lowest BCUT2D eigenvalue weighted by Crippen LogP contribution is -2.68. The van der Waals surface area contributed by atoms with Crippen LogP contribution in [0.4, 0.5) is 4.79 Å². The number of fused-ring (bicyclic) bond motifs is 1. The molecule has 3 rings (SSSR count). The Bertz CT molecular complexity index is 808. The van der Waals surface area contributed by atoms with Crippen LogP contribution >= 0.6 is 34.9 Å². The van der Waals surface area contributed by atoms with Crippen molar-refractivity contribution in [2.45, 2.75) is 29.1 Å². The van der Waals surface area contributed by atoms with E-state index in [-0.39, 0.29) is 23.6 Å². The molecule has 1 aromatic rings. The van der Waals surface area contributed by atoms with Gasteiger partial charge in [-0.15, -0.1) is 23.1 Å². The lowest BCUT2D eigenvalue weighted by molar-refractivity contribution is -0.144. The first-order chi connectivity index (χ1) is 12.3. The summed E-state index contributed by atoms with van der Waals surface area (Å²) in [6.45, 7) is 1.75. The molecule has 0 saturated carbocycles. The Morgan fingerprint density at radius 3 is 2.85 bits per heavy atom. The molecule has 4 N–H and O–H groups in total. The van der Waals surface area contributed by atoms with Crippen molar-refractivity contribution in [2.75, 3.05) is 11.5 Å². The van der Waals surface area contributed by atoms with E-state index in [0.29, 0.717) is 32.0 Å². The van der Waals surface area contributed by atoms with Gasteiger partial charge in [0.2, 0.25) is 11.8 Å². The van der Waals surface area contributed by atoms with Gasteiger partial charge in [0.15, 0.2) is 4.34 Å². The topological polar surface area (TPSA) is 143 Å². The molecule has 0 spiro atoms. The third-order valence-corrected chi connectivity index (χ3v) is 7.52. The highest BCUT2D eigenvalue weighted by Gasteiger charge is 2.51. The monoisotopic (exact) mass is 417 g/mol. The standard InChI is InChI=1S/C14H15N3O6S3/c1-5-7(2-8(18)19)26-13(16-5)25-4-6-3-24-12-9(15)10(20)17(12)11(6)23-14(21)22/h9,12H,2-4,15H2,1H3,(H,18,19)(H,21,22)/t9?,12-/m0/s1. The van der Waals surface area contributed by atoms with Crippen molar-refractivity contribution >= 4 is 52.9 Å². The lowest BCUT2D eigenvalue weighted by atomic mass is 10.1. The fourth-order valence-electron chi connectivity index (χ4n) is 2.52. The number of ether oxygens (including phenoxy) is 1. The fourth-order valence-corrected chi connectivity index (χ4v) is 6.14. The zero-order valence-electron chi connectivity index (χ0n) is 13.5. The number of β-lactam (4-membered cyclic amide) rings is 1. The second-order valence-electron chi connectivity index (χ2n) is 5.56. The molecule has 1 saturated heterocycles. The van der Waals surface area contributed by atoms with Gasteiger partial charge >= 0.3 is 12.1 Å². The van der Waals surface area contributed by atoms with Crippen molar-refractivity contribution in [2.24, 2.45) is 5.73 Å². The molecule has 1 aromatic heterocycles. The summed E-state index contributed by atoms with van der Waals surface area (Å²) in [6.07, 6.45) is -1.58. The molecule has 0 radical (unpaired) electrons. The van der Waals surface area contributed by atoms with E-state index < -0.39 is 18.2 Å². The van der Waals surface area contributed by atoms with Crippen molar-refractivity contribution in [1.29, 1.82) is 0 Å². The number of nitrogens with zero attached hydrogens (tertiary/aromatic N) is 2. The van der Waals surface area contributed by atoms with Gasteiger partial charge in [0.1, 0.15) is 11.4 Å². The van der Waals surface area contributed by atoms with Crippen LogP contribution in [-0.2, 0) is 20.7 Å². The Morgan fingerprint density at radius 2 is 2.19 bits per heavy atom. The molecule has 1 amide bonds. The van der Waals surface area contributed by atoms with Crippen molar-refractivity contribution < 1.29 is 29.3 Å². The van der Waals surface area contributed by atoms with E-state index in [1.54, 1.807) is 6.92 Å². The van der Waals surface area contributed by atoms with Crippen LogP contribution in [0.15, 0.2) is 15.8 Å². The fraction of sp³-hybridized carbons (Fsp3) is 0.429. The molecule has 0 aliphatic carbocycles. The van der Waals surface area contributed by atoms with Crippen LogP contribution in [0.5, 0.6) is 0 Å². The maximum Gasteiger partial charge on any atom is 0.512 e. The lowest BCUT2D eigenvalue weighted by Gasteiger charge is -2.47. The van der Waals surface area contributed by atoms with E-state index in [9.17, 15) is 14.4 Å². The molecule has 1 fully saturated rings. The number of aromatic nitrogens is 1. The molecule has 12 heteroatoms. The Morgan fingerprint density at radius 1 is 1.46 bits per heavy atom.